The predicted octanol–water partition coefficient (Wildman–Crippen LogP) is 3.28. The Morgan fingerprint density at radius 1 is 1.24 bits per heavy atom. The molecule has 2 unspecified atom stereocenters. The molecule has 2 nitrogen and oxygen atoms in total. The lowest BCUT2D eigenvalue weighted by Gasteiger charge is -2.36. The summed E-state index contributed by atoms with van der Waals surface area (Å²) in [6.07, 6.45) is 5.32. The smallest absolute Gasteiger partial charge is 0.00962 e. The molecule has 0 aromatic rings. The fraction of sp³-hybridized carbons (Fsp3) is 1.00. The van der Waals surface area contributed by atoms with Crippen LogP contribution in [-0.4, -0.2) is 36.6 Å². The maximum absolute atomic E-state index is 3.57. The molecule has 0 aromatic heterocycles. The average Bonchev–Trinajstić information content (AvgIpc) is 2.60. The van der Waals surface area contributed by atoms with Crippen LogP contribution in [-0.2, 0) is 0 Å². The summed E-state index contributed by atoms with van der Waals surface area (Å²) in [5, 5.41) is 3.57. The van der Waals surface area contributed by atoms with Gasteiger partial charge in [-0.3, -0.25) is 4.90 Å². The SMILES string of the molecule is CCCNCC(C)(C)CN1C(C)CCC1CC. The van der Waals surface area contributed by atoms with E-state index in [1.54, 1.807) is 0 Å². The molecule has 17 heavy (non-hydrogen) atoms. The Bertz CT molecular complexity index is 213. The molecule has 1 heterocycles. The topological polar surface area (TPSA) is 15.3 Å². The van der Waals surface area contributed by atoms with Crippen LogP contribution in [0.4, 0.5) is 0 Å². The Morgan fingerprint density at radius 2 is 1.94 bits per heavy atom. The van der Waals surface area contributed by atoms with E-state index in [-0.39, 0.29) is 0 Å². The van der Waals surface area contributed by atoms with Gasteiger partial charge in [-0.2, -0.15) is 0 Å². The largest absolute Gasteiger partial charge is 0.316 e. The van der Waals surface area contributed by atoms with Crippen molar-refractivity contribution in [3.63, 3.8) is 0 Å². The molecule has 2 atom stereocenters. The zero-order valence-corrected chi connectivity index (χ0v) is 12.6. The zero-order valence-electron chi connectivity index (χ0n) is 12.6. The van der Waals surface area contributed by atoms with Crippen molar-refractivity contribution in [3.05, 3.63) is 0 Å². The van der Waals surface area contributed by atoms with Crippen LogP contribution < -0.4 is 5.32 Å². The van der Waals surface area contributed by atoms with Crippen molar-refractivity contribution in [3.8, 4) is 0 Å². The van der Waals surface area contributed by atoms with Gasteiger partial charge in [-0.1, -0.05) is 27.7 Å². The molecule has 0 aromatic carbocycles. The van der Waals surface area contributed by atoms with Crippen LogP contribution in [0.15, 0.2) is 0 Å². The van der Waals surface area contributed by atoms with E-state index >= 15 is 0 Å². The highest BCUT2D eigenvalue weighted by atomic mass is 15.2. The minimum Gasteiger partial charge on any atom is -0.316 e. The maximum Gasteiger partial charge on any atom is 0.00962 e. The molecule has 1 aliphatic heterocycles. The summed E-state index contributed by atoms with van der Waals surface area (Å²) < 4.78 is 0. The summed E-state index contributed by atoms with van der Waals surface area (Å²) in [4.78, 5) is 2.74. The number of rotatable bonds is 7. The molecule has 1 rings (SSSR count). The Labute approximate surface area is 108 Å². The van der Waals surface area contributed by atoms with E-state index in [1.165, 1.54) is 32.2 Å². The van der Waals surface area contributed by atoms with Crippen LogP contribution in [0.5, 0.6) is 0 Å². The van der Waals surface area contributed by atoms with Crippen LogP contribution in [0, 0.1) is 5.41 Å². The molecule has 102 valence electrons. The zero-order chi connectivity index (χ0) is 12.9. The molecule has 1 N–H and O–H groups in total. The number of nitrogens with one attached hydrogen (secondary N) is 1. The fourth-order valence-corrected chi connectivity index (χ4v) is 3.00. The highest BCUT2D eigenvalue weighted by Crippen LogP contribution is 2.29. The summed E-state index contributed by atoms with van der Waals surface area (Å²) >= 11 is 0. The van der Waals surface area contributed by atoms with Crippen LogP contribution in [0.3, 0.4) is 0 Å². The number of hydrogen-bond acceptors (Lipinski definition) is 2. The van der Waals surface area contributed by atoms with Crippen molar-refractivity contribution in [1.82, 2.24) is 10.2 Å². The van der Waals surface area contributed by atoms with Crippen molar-refractivity contribution in [2.75, 3.05) is 19.6 Å². The summed E-state index contributed by atoms with van der Waals surface area (Å²) in [5.41, 5.74) is 0.390. The fourth-order valence-electron chi connectivity index (χ4n) is 3.00. The Hall–Kier alpha value is -0.0800. The molecule has 2 heteroatoms. The summed E-state index contributed by atoms with van der Waals surface area (Å²) in [5.74, 6) is 0. The standard InChI is InChI=1S/C15H32N2/c1-6-10-16-11-15(4,5)12-17-13(3)8-9-14(17)7-2/h13-14,16H,6-12H2,1-5H3. The van der Waals surface area contributed by atoms with Gasteiger partial charge in [0.2, 0.25) is 0 Å². The maximum atomic E-state index is 3.57. The molecule has 1 aliphatic rings. The van der Waals surface area contributed by atoms with E-state index < -0.39 is 0 Å². The van der Waals surface area contributed by atoms with Crippen LogP contribution in [0.25, 0.3) is 0 Å². The van der Waals surface area contributed by atoms with Gasteiger partial charge in [0.25, 0.3) is 0 Å². The van der Waals surface area contributed by atoms with Crippen molar-refractivity contribution < 1.29 is 0 Å². The third-order valence-corrected chi connectivity index (χ3v) is 4.07. The molecular formula is C15H32N2. The quantitative estimate of drug-likeness (QED) is 0.687. The van der Waals surface area contributed by atoms with E-state index in [0.29, 0.717) is 5.41 Å². The minimum atomic E-state index is 0.390. The van der Waals surface area contributed by atoms with Gasteiger partial charge in [0.1, 0.15) is 0 Å². The Morgan fingerprint density at radius 3 is 2.53 bits per heavy atom. The van der Waals surface area contributed by atoms with E-state index in [2.05, 4.69) is 44.8 Å². The summed E-state index contributed by atoms with van der Waals surface area (Å²) in [6, 6.07) is 1.61. The van der Waals surface area contributed by atoms with Crippen molar-refractivity contribution >= 4 is 0 Å². The first-order valence-electron chi connectivity index (χ1n) is 7.46. The first-order valence-corrected chi connectivity index (χ1v) is 7.46. The van der Waals surface area contributed by atoms with Gasteiger partial charge < -0.3 is 5.32 Å². The van der Waals surface area contributed by atoms with Crippen molar-refractivity contribution in [2.45, 2.75) is 72.4 Å². The first kappa shape index (κ1) is 15.0. The van der Waals surface area contributed by atoms with E-state index in [4.69, 9.17) is 0 Å². The third-order valence-electron chi connectivity index (χ3n) is 4.07. The van der Waals surface area contributed by atoms with Gasteiger partial charge in [-0.25, -0.2) is 0 Å². The van der Waals surface area contributed by atoms with Gasteiger partial charge in [-0.15, -0.1) is 0 Å². The highest BCUT2D eigenvalue weighted by molar-refractivity contribution is 4.88. The van der Waals surface area contributed by atoms with Crippen LogP contribution >= 0.6 is 0 Å². The van der Waals surface area contributed by atoms with Gasteiger partial charge in [0.15, 0.2) is 0 Å². The van der Waals surface area contributed by atoms with Crippen LogP contribution in [0.2, 0.25) is 0 Å². The van der Waals surface area contributed by atoms with Gasteiger partial charge in [0.05, 0.1) is 0 Å². The minimum absolute atomic E-state index is 0.390. The highest BCUT2D eigenvalue weighted by Gasteiger charge is 2.33. The summed E-state index contributed by atoms with van der Waals surface area (Å²) in [6.45, 7) is 15.3. The lowest BCUT2D eigenvalue weighted by molar-refractivity contribution is 0.126. The van der Waals surface area contributed by atoms with Gasteiger partial charge in [0, 0.05) is 25.2 Å². The van der Waals surface area contributed by atoms with E-state index in [1.807, 2.05) is 0 Å². The second-order valence-corrected chi connectivity index (χ2v) is 6.50. The third kappa shape index (κ3) is 4.59. The van der Waals surface area contributed by atoms with Crippen LogP contribution in [0.1, 0.15) is 60.3 Å². The Balaban J connectivity index is 2.44. The van der Waals surface area contributed by atoms with Crippen molar-refractivity contribution in [1.29, 1.82) is 0 Å². The summed E-state index contributed by atoms with van der Waals surface area (Å²) in [7, 11) is 0. The van der Waals surface area contributed by atoms with E-state index in [0.717, 1.165) is 25.2 Å². The molecule has 1 saturated heterocycles. The number of nitrogens with zero attached hydrogens (tertiary/aromatic N) is 1. The molecule has 0 radical (unpaired) electrons. The van der Waals surface area contributed by atoms with E-state index in [9.17, 15) is 0 Å². The normalized spacial score (nSPS) is 26.6. The predicted molar refractivity (Wildman–Crippen MR) is 76.4 cm³/mol. The second kappa shape index (κ2) is 6.75. The monoisotopic (exact) mass is 240 g/mol. The Kier molecular flexibility index (Phi) is 5.94. The second-order valence-electron chi connectivity index (χ2n) is 6.50. The molecule has 1 fully saturated rings. The van der Waals surface area contributed by atoms with Gasteiger partial charge >= 0.3 is 0 Å². The molecule has 0 amide bonds. The average molecular weight is 240 g/mol. The molecule has 0 aliphatic carbocycles. The molecular weight excluding hydrogens is 208 g/mol. The molecule has 0 bridgehead atoms. The molecule has 0 saturated carbocycles. The van der Waals surface area contributed by atoms with Crippen molar-refractivity contribution in [2.24, 2.45) is 5.41 Å². The number of likely N-dealkylation sites (tertiary alicyclic amines) is 1. The first-order chi connectivity index (χ1) is 8.00. The lowest BCUT2D eigenvalue weighted by Crippen LogP contribution is -2.45. The lowest BCUT2D eigenvalue weighted by atomic mass is 9.91. The molecule has 0 spiro atoms. The van der Waals surface area contributed by atoms with Gasteiger partial charge in [-0.05, 0) is 44.6 Å². The number of hydrogen-bond donors (Lipinski definition) is 1.